The van der Waals surface area contributed by atoms with E-state index in [-0.39, 0.29) is 5.69 Å². The summed E-state index contributed by atoms with van der Waals surface area (Å²) < 4.78 is 19.7. The fourth-order valence-electron chi connectivity index (χ4n) is 4.69. The molecule has 6 nitrogen and oxygen atoms in total. The number of halogens is 3. The van der Waals surface area contributed by atoms with E-state index < -0.39 is 35.7 Å². The van der Waals surface area contributed by atoms with Crippen molar-refractivity contribution in [2.45, 2.75) is 12.1 Å². The summed E-state index contributed by atoms with van der Waals surface area (Å²) in [4.78, 5) is 34.1. The Morgan fingerprint density at radius 1 is 0.806 bits per heavy atom. The molecule has 0 N–H and O–H groups in total. The van der Waals surface area contributed by atoms with Crippen LogP contribution in [0.4, 0.5) is 15.8 Å². The highest BCUT2D eigenvalue weighted by Gasteiger charge is 2.61. The molecule has 0 aliphatic carbocycles. The Bertz CT molecular complexity index is 1470. The molecule has 2 amide bonds. The van der Waals surface area contributed by atoms with Gasteiger partial charge in [-0.1, -0.05) is 41.4 Å². The molecule has 4 aromatic rings. The number of amides is 2. The molecule has 0 bridgehead atoms. The molecule has 3 atom stereocenters. The van der Waals surface area contributed by atoms with Crippen LogP contribution in [0.3, 0.4) is 0 Å². The zero-order valence-electron chi connectivity index (χ0n) is 18.5. The Morgan fingerprint density at radius 2 is 1.56 bits per heavy atom. The SMILES string of the molecule is O=C1[C@@H]2[C@H](ON(c3ccccc3)[C@@H]2c2ccc(-c3cc(Cl)ccc3Cl)o2)C(=O)N1c1ccc(F)cc1. The molecule has 9 heteroatoms. The number of imide groups is 1. The van der Waals surface area contributed by atoms with Crippen LogP contribution in [-0.2, 0) is 14.4 Å². The van der Waals surface area contributed by atoms with Gasteiger partial charge in [0.05, 0.1) is 16.4 Å². The number of nitrogens with zero attached hydrogens (tertiary/aromatic N) is 2. The van der Waals surface area contributed by atoms with Crippen molar-refractivity contribution in [2.24, 2.45) is 5.92 Å². The van der Waals surface area contributed by atoms with Crippen LogP contribution >= 0.6 is 23.2 Å². The predicted octanol–water partition coefficient (Wildman–Crippen LogP) is 6.44. The monoisotopic (exact) mass is 522 g/mol. The van der Waals surface area contributed by atoms with Crippen LogP contribution in [-0.4, -0.2) is 17.9 Å². The maximum absolute atomic E-state index is 13.6. The molecule has 0 saturated carbocycles. The van der Waals surface area contributed by atoms with Crippen molar-refractivity contribution < 1.29 is 23.2 Å². The van der Waals surface area contributed by atoms with E-state index in [2.05, 4.69) is 0 Å². The molecule has 1 aromatic heterocycles. The summed E-state index contributed by atoms with van der Waals surface area (Å²) in [6.07, 6.45) is -1.07. The van der Waals surface area contributed by atoms with E-state index in [9.17, 15) is 14.0 Å². The summed E-state index contributed by atoms with van der Waals surface area (Å²) in [7, 11) is 0. The first-order valence-electron chi connectivity index (χ1n) is 11.1. The third-order valence-electron chi connectivity index (χ3n) is 6.32. The van der Waals surface area contributed by atoms with Crippen LogP contribution in [0.2, 0.25) is 10.0 Å². The number of benzene rings is 3. The fraction of sp³-hybridized carbons (Fsp3) is 0.111. The molecule has 3 heterocycles. The number of hydroxylamine groups is 1. The first kappa shape index (κ1) is 22.8. The number of hydrogen-bond acceptors (Lipinski definition) is 5. The molecule has 0 spiro atoms. The van der Waals surface area contributed by atoms with Crippen molar-refractivity contribution in [3.63, 3.8) is 0 Å². The quantitative estimate of drug-likeness (QED) is 0.288. The predicted molar refractivity (Wildman–Crippen MR) is 133 cm³/mol. The first-order valence-corrected chi connectivity index (χ1v) is 11.9. The second-order valence-corrected chi connectivity index (χ2v) is 9.32. The molecule has 2 aliphatic rings. The largest absolute Gasteiger partial charge is 0.459 e. The minimum Gasteiger partial charge on any atom is -0.459 e. The van der Waals surface area contributed by atoms with Gasteiger partial charge in [-0.25, -0.2) is 14.4 Å². The number of furan rings is 1. The Labute approximate surface area is 215 Å². The van der Waals surface area contributed by atoms with Crippen LogP contribution in [0.5, 0.6) is 0 Å². The summed E-state index contributed by atoms with van der Waals surface area (Å²) in [6, 6.07) is 22.1. The minimum atomic E-state index is -1.07. The van der Waals surface area contributed by atoms with E-state index >= 15 is 0 Å². The van der Waals surface area contributed by atoms with Gasteiger partial charge in [0.15, 0.2) is 6.10 Å². The fourth-order valence-corrected chi connectivity index (χ4v) is 5.07. The van der Waals surface area contributed by atoms with Crippen LogP contribution in [0.25, 0.3) is 11.3 Å². The summed E-state index contributed by atoms with van der Waals surface area (Å²) >= 11 is 12.5. The average molecular weight is 523 g/mol. The maximum Gasteiger partial charge on any atom is 0.266 e. The topological polar surface area (TPSA) is 63.0 Å². The van der Waals surface area contributed by atoms with E-state index in [0.29, 0.717) is 32.8 Å². The van der Waals surface area contributed by atoms with Crippen LogP contribution < -0.4 is 9.96 Å². The van der Waals surface area contributed by atoms with E-state index in [4.69, 9.17) is 32.5 Å². The normalized spacial score (nSPS) is 21.4. The van der Waals surface area contributed by atoms with Crippen molar-refractivity contribution in [1.29, 1.82) is 0 Å². The average Bonchev–Trinajstić information content (AvgIpc) is 3.57. The van der Waals surface area contributed by atoms with Crippen LogP contribution in [0.1, 0.15) is 11.8 Å². The lowest BCUT2D eigenvalue weighted by Crippen LogP contribution is -2.37. The molecule has 2 fully saturated rings. The highest BCUT2D eigenvalue weighted by Crippen LogP contribution is 2.48. The van der Waals surface area contributed by atoms with Gasteiger partial charge in [0, 0.05) is 10.6 Å². The van der Waals surface area contributed by atoms with Crippen molar-refractivity contribution in [2.75, 3.05) is 9.96 Å². The van der Waals surface area contributed by atoms with E-state index in [1.165, 1.54) is 29.3 Å². The number of anilines is 2. The summed E-state index contributed by atoms with van der Waals surface area (Å²) in [5, 5.41) is 2.49. The highest BCUT2D eigenvalue weighted by molar-refractivity contribution is 6.35. The van der Waals surface area contributed by atoms with E-state index in [1.54, 1.807) is 30.3 Å². The number of rotatable bonds is 4. The third-order valence-corrected chi connectivity index (χ3v) is 6.89. The Balaban J connectivity index is 1.43. The molecule has 0 radical (unpaired) electrons. The number of para-hydroxylation sites is 1. The summed E-state index contributed by atoms with van der Waals surface area (Å²) in [5.41, 5.74) is 1.53. The lowest BCUT2D eigenvalue weighted by molar-refractivity contribution is -0.126. The van der Waals surface area contributed by atoms with Gasteiger partial charge in [-0.3, -0.25) is 14.4 Å². The molecule has 2 saturated heterocycles. The molecule has 2 aliphatic heterocycles. The standard InChI is InChI=1S/C27H17Cl2FN2O4/c28-15-6-11-20(29)19(14-15)21-12-13-22(35-21)24-23-25(36-32(24)18-4-2-1-3-5-18)27(34)31(26(23)33)17-9-7-16(30)8-10-17/h1-14,23-25H/t23-,24+,25-/m0/s1. The second-order valence-electron chi connectivity index (χ2n) is 8.47. The second kappa shape index (κ2) is 8.78. The number of carbonyl (C=O) groups excluding carboxylic acids is 2. The summed E-state index contributed by atoms with van der Waals surface area (Å²) in [5.74, 6) is -1.47. The van der Waals surface area contributed by atoms with Gasteiger partial charge in [0.2, 0.25) is 5.91 Å². The lowest BCUT2D eigenvalue weighted by atomic mass is 9.94. The zero-order chi connectivity index (χ0) is 25.0. The van der Waals surface area contributed by atoms with Gasteiger partial charge < -0.3 is 4.42 Å². The molecular weight excluding hydrogens is 506 g/mol. The van der Waals surface area contributed by atoms with E-state index in [0.717, 1.165) is 4.90 Å². The third kappa shape index (κ3) is 3.67. The highest BCUT2D eigenvalue weighted by atomic mass is 35.5. The first-order chi connectivity index (χ1) is 17.4. The van der Waals surface area contributed by atoms with Gasteiger partial charge in [0.1, 0.15) is 29.3 Å². The zero-order valence-corrected chi connectivity index (χ0v) is 20.0. The molecule has 0 unspecified atom stereocenters. The van der Waals surface area contributed by atoms with Gasteiger partial charge in [-0.15, -0.1) is 0 Å². The molecule has 6 rings (SSSR count). The Morgan fingerprint density at radius 3 is 2.31 bits per heavy atom. The molecule has 3 aromatic carbocycles. The smallest absolute Gasteiger partial charge is 0.266 e. The molecule has 36 heavy (non-hydrogen) atoms. The minimum absolute atomic E-state index is 0.278. The van der Waals surface area contributed by atoms with Crippen molar-refractivity contribution in [1.82, 2.24) is 0 Å². The van der Waals surface area contributed by atoms with Crippen molar-refractivity contribution >= 4 is 46.4 Å². The Kier molecular flexibility index (Phi) is 5.56. The Hall–Kier alpha value is -3.65. The van der Waals surface area contributed by atoms with E-state index in [1.807, 2.05) is 30.3 Å². The van der Waals surface area contributed by atoms with Gasteiger partial charge in [-0.05, 0) is 66.7 Å². The van der Waals surface area contributed by atoms with Gasteiger partial charge >= 0.3 is 0 Å². The van der Waals surface area contributed by atoms with Crippen LogP contribution in [0.15, 0.2) is 89.3 Å². The maximum atomic E-state index is 13.6. The number of hydrogen-bond donors (Lipinski definition) is 0. The molecule has 180 valence electrons. The van der Waals surface area contributed by atoms with Crippen molar-refractivity contribution in [3.05, 3.63) is 107 Å². The number of carbonyl (C=O) groups is 2. The van der Waals surface area contributed by atoms with Gasteiger partial charge in [-0.2, -0.15) is 0 Å². The molecular formula is C27H17Cl2FN2O4. The number of fused-ring (bicyclic) bond motifs is 1. The van der Waals surface area contributed by atoms with Crippen LogP contribution in [0, 0.1) is 11.7 Å². The van der Waals surface area contributed by atoms with Gasteiger partial charge in [0.25, 0.3) is 5.91 Å². The van der Waals surface area contributed by atoms with Crippen molar-refractivity contribution in [3.8, 4) is 11.3 Å². The summed E-state index contributed by atoms with van der Waals surface area (Å²) in [6.45, 7) is 0. The lowest BCUT2D eigenvalue weighted by Gasteiger charge is -2.27.